The van der Waals surface area contributed by atoms with E-state index in [-0.39, 0.29) is 5.92 Å². The van der Waals surface area contributed by atoms with Crippen LogP contribution in [0, 0.1) is 5.92 Å². The lowest BCUT2D eigenvalue weighted by atomic mass is 9.90. The molecule has 1 heterocycles. The van der Waals surface area contributed by atoms with Gasteiger partial charge in [0, 0.05) is 19.0 Å². The van der Waals surface area contributed by atoms with Crippen molar-refractivity contribution in [2.24, 2.45) is 5.92 Å². The van der Waals surface area contributed by atoms with Crippen LogP contribution in [0.1, 0.15) is 6.92 Å². The SMILES string of the molecule is CC(O)C1CNCC(O)C1O. The highest BCUT2D eigenvalue weighted by Crippen LogP contribution is 2.15. The molecule has 0 aromatic heterocycles. The molecule has 0 radical (unpaired) electrons. The Morgan fingerprint density at radius 2 is 2.00 bits per heavy atom. The lowest BCUT2D eigenvalue weighted by Gasteiger charge is -2.34. The van der Waals surface area contributed by atoms with Crippen LogP contribution in [0.3, 0.4) is 0 Å². The highest BCUT2D eigenvalue weighted by atomic mass is 16.3. The molecule has 4 heteroatoms. The van der Waals surface area contributed by atoms with Crippen molar-refractivity contribution in [3.63, 3.8) is 0 Å². The van der Waals surface area contributed by atoms with Gasteiger partial charge in [-0.15, -0.1) is 0 Å². The molecule has 1 aliphatic heterocycles. The van der Waals surface area contributed by atoms with E-state index >= 15 is 0 Å². The fourth-order valence-corrected chi connectivity index (χ4v) is 1.38. The zero-order chi connectivity index (χ0) is 8.43. The van der Waals surface area contributed by atoms with Gasteiger partial charge in [0.2, 0.25) is 0 Å². The van der Waals surface area contributed by atoms with Crippen LogP contribution in [-0.4, -0.2) is 46.7 Å². The van der Waals surface area contributed by atoms with Crippen LogP contribution in [0.15, 0.2) is 0 Å². The van der Waals surface area contributed by atoms with Gasteiger partial charge in [-0.3, -0.25) is 0 Å². The molecule has 4 N–H and O–H groups in total. The van der Waals surface area contributed by atoms with Crippen LogP contribution in [0.5, 0.6) is 0 Å². The summed E-state index contributed by atoms with van der Waals surface area (Å²) in [4.78, 5) is 0. The normalized spacial score (nSPS) is 42.0. The number of hydrogen-bond acceptors (Lipinski definition) is 4. The molecular weight excluding hydrogens is 146 g/mol. The van der Waals surface area contributed by atoms with Crippen molar-refractivity contribution >= 4 is 0 Å². The third-order valence-corrected chi connectivity index (χ3v) is 2.19. The summed E-state index contributed by atoms with van der Waals surface area (Å²) >= 11 is 0. The Morgan fingerprint density at radius 3 is 2.45 bits per heavy atom. The average Bonchev–Trinajstić information content (AvgIpc) is 1.94. The van der Waals surface area contributed by atoms with Crippen LogP contribution in [0.25, 0.3) is 0 Å². The Morgan fingerprint density at radius 1 is 1.36 bits per heavy atom. The summed E-state index contributed by atoms with van der Waals surface area (Å²) in [7, 11) is 0. The first-order chi connectivity index (χ1) is 5.13. The van der Waals surface area contributed by atoms with E-state index in [9.17, 15) is 10.2 Å². The molecule has 0 aromatic carbocycles. The Hall–Kier alpha value is -0.160. The molecule has 4 atom stereocenters. The van der Waals surface area contributed by atoms with E-state index in [2.05, 4.69) is 5.32 Å². The minimum Gasteiger partial charge on any atom is -0.393 e. The smallest absolute Gasteiger partial charge is 0.0927 e. The molecule has 11 heavy (non-hydrogen) atoms. The first-order valence-electron chi connectivity index (χ1n) is 3.88. The number of rotatable bonds is 1. The van der Waals surface area contributed by atoms with Gasteiger partial charge >= 0.3 is 0 Å². The monoisotopic (exact) mass is 161 g/mol. The first kappa shape index (κ1) is 8.93. The van der Waals surface area contributed by atoms with Crippen LogP contribution in [-0.2, 0) is 0 Å². The number of aliphatic hydroxyl groups excluding tert-OH is 3. The van der Waals surface area contributed by atoms with E-state index in [0.717, 1.165) is 0 Å². The van der Waals surface area contributed by atoms with Gasteiger partial charge in [0.15, 0.2) is 0 Å². The van der Waals surface area contributed by atoms with Gasteiger partial charge in [-0.2, -0.15) is 0 Å². The second-order valence-corrected chi connectivity index (χ2v) is 3.12. The maximum Gasteiger partial charge on any atom is 0.0927 e. The summed E-state index contributed by atoms with van der Waals surface area (Å²) in [6.45, 7) is 2.59. The summed E-state index contributed by atoms with van der Waals surface area (Å²) in [5.74, 6) is -0.251. The fraction of sp³-hybridized carbons (Fsp3) is 1.00. The van der Waals surface area contributed by atoms with Gasteiger partial charge in [-0.05, 0) is 6.92 Å². The molecule has 66 valence electrons. The molecule has 0 saturated carbocycles. The van der Waals surface area contributed by atoms with Crippen molar-refractivity contribution in [3.8, 4) is 0 Å². The molecule has 1 aliphatic rings. The van der Waals surface area contributed by atoms with E-state index < -0.39 is 18.3 Å². The van der Waals surface area contributed by atoms with Crippen molar-refractivity contribution in [2.45, 2.75) is 25.2 Å². The van der Waals surface area contributed by atoms with Gasteiger partial charge in [-0.1, -0.05) is 0 Å². The molecule has 1 saturated heterocycles. The lowest BCUT2D eigenvalue weighted by molar-refractivity contribution is -0.0693. The van der Waals surface area contributed by atoms with Gasteiger partial charge in [-0.25, -0.2) is 0 Å². The van der Waals surface area contributed by atoms with Crippen molar-refractivity contribution in [1.29, 1.82) is 0 Å². The van der Waals surface area contributed by atoms with Crippen molar-refractivity contribution in [2.75, 3.05) is 13.1 Å². The Kier molecular flexibility index (Phi) is 2.84. The van der Waals surface area contributed by atoms with E-state index in [1.807, 2.05) is 0 Å². The molecule has 0 bridgehead atoms. The molecule has 0 spiro atoms. The zero-order valence-electron chi connectivity index (χ0n) is 6.57. The van der Waals surface area contributed by atoms with Crippen LogP contribution >= 0.6 is 0 Å². The Bertz CT molecular complexity index is 129. The van der Waals surface area contributed by atoms with Crippen LogP contribution in [0.2, 0.25) is 0 Å². The van der Waals surface area contributed by atoms with Gasteiger partial charge in [0.1, 0.15) is 0 Å². The van der Waals surface area contributed by atoms with Crippen LogP contribution < -0.4 is 5.32 Å². The Balaban J connectivity index is 2.51. The zero-order valence-corrected chi connectivity index (χ0v) is 6.57. The predicted molar refractivity (Wildman–Crippen MR) is 40.1 cm³/mol. The van der Waals surface area contributed by atoms with Crippen molar-refractivity contribution in [3.05, 3.63) is 0 Å². The quantitative estimate of drug-likeness (QED) is 0.370. The van der Waals surface area contributed by atoms with E-state index in [4.69, 9.17) is 5.11 Å². The maximum absolute atomic E-state index is 9.36. The number of piperidine rings is 1. The summed E-state index contributed by atoms with van der Waals surface area (Å²) in [6, 6.07) is 0. The first-order valence-corrected chi connectivity index (χ1v) is 3.88. The molecule has 0 aromatic rings. The second kappa shape index (κ2) is 3.49. The topological polar surface area (TPSA) is 72.7 Å². The second-order valence-electron chi connectivity index (χ2n) is 3.12. The lowest BCUT2D eigenvalue weighted by Crippen LogP contribution is -2.53. The number of nitrogens with one attached hydrogen (secondary N) is 1. The summed E-state index contributed by atoms with van der Waals surface area (Å²) in [6.07, 6.45) is -2.12. The van der Waals surface area contributed by atoms with E-state index in [1.54, 1.807) is 6.92 Å². The number of β-amino-alcohol motifs (C(OH)–C–C–N with tert-alkyl or cyclic N) is 1. The van der Waals surface area contributed by atoms with Gasteiger partial charge in [0.25, 0.3) is 0 Å². The highest BCUT2D eigenvalue weighted by molar-refractivity contribution is 4.86. The number of hydrogen-bond donors (Lipinski definition) is 4. The molecule has 1 rings (SSSR count). The minimum atomic E-state index is -0.795. The van der Waals surface area contributed by atoms with Gasteiger partial charge in [0.05, 0.1) is 18.3 Å². The van der Waals surface area contributed by atoms with E-state index in [1.165, 1.54) is 0 Å². The van der Waals surface area contributed by atoms with Crippen LogP contribution in [0.4, 0.5) is 0 Å². The molecule has 4 unspecified atom stereocenters. The summed E-state index contributed by atoms with van der Waals surface area (Å²) in [5.41, 5.74) is 0. The molecule has 1 fully saturated rings. The molecule has 0 amide bonds. The van der Waals surface area contributed by atoms with Gasteiger partial charge < -0.3 is 20.6 Å². The van der Waals surface area contributed by atoms with Crippen molar-refractivity contribution in [1.82, 2.24) is 5.32 Å². The summed E-state index contributed by atoms with van der Waals surface area (Å²) in [5, 5.41) is 30.6. The average molecular weight is 161 g/mol. The standard InChI is InChI=1S/C7H15NO3/c1-4(9)5-2-8-3-6(10)7(5)11/h4-11H,2-3H2,1H3. The molecular formula is C7H15NO3. The minimum absolute atomic E-state index is 0.251. The number of aliphatic hydroxyl groups is 3. The molecule has 4 nitrogen and oxygen atoms in total. The highest BCUT2D eigenvalue weighted by Gasteiger charge is 2.32. The van der Waals surface area contributed by atoms with E-state index in [0.29, 0.717) is 13.1 Å². The third-order valence-electron chi connectivity index (χ3n) is 2.19. The van der Waals surface area contributed by atoms with Crippen molar-refractivity contribution < 1.29 is 15.3 Å². The Labute approximate surface area is 65.9 Å². The fourth-order valence-electron chi connectivity index (χ4n) is 1.38. The summed E-state index contributed by atoms with van der Waals surface area (Å²) < 4.78 is 0. The predicted octanol–water partition coefficient (Wildman–Crippen LogP) is -1.69. The molecule has 0 aliphatic carbocycles. The largest absolute Gasteiger partial charge is 0.393 e. The third kappa shape index (κ3) is 1.90. The maximum atomic E-state index is 9.36.